The van der Waals surface area contributed by atoms with Gasteiger partial charge in [-0.05, 0) is 40.5 Å². The molecular weight excluding hydrogens is 293 g/mol. The van der Waals surface area contributed by atoms with Gasteiger partial charge < -0.3 is 9.67 Å². The van der Waals surface area contributed by atoms with Crippen LogP contribution in [0.5, 0.6) is 0 Å². The van der Waals surface area contributed by atoms with Crippen molar-refractivity contribution in [1.29, 1.82) is 0 Å². The SMILES string of the molecule is CC1(C)CC1n1cc(I)cc1C(=O)O. The minimum absolute atomic E-state index is 0.256. The molecule has 1 aliphatic rings. The topological polar surface area (TPSA) is 42.2 Å². The van der Waals surface area contributed by atoms with Crippen LogP contribution in [0.25, 0.3) is 0 Å². The van der Waals surface area contributed by atoms with Gasteiger partial charge in [0.1, 0.15) is 5.69 Å². The highest BCUT2D eigenvalue weighted by molar-refractivity contribution is 14.1. The molecule has 1 unspecified atom stereocenters. The van der Waals surface area contributed by atoms with Crippen LogP contribution < -0.4 is 0 Å². The van der Waals surface area contributed by atoms with Gasteiger partial charge in [0.2, 0.25) is 0 Å². The molecule has 1 heterocycles. The fourth-order valence-corrected chi connectivity index (χ4v) is 2.38. The molecule has 1 fully saturated rings. The molecule has 1 N–H and O–H groups in total. The average Bonchev–Trinajstić information content (AvgIpc) is 2.53. The highest BCUT2D eigenvalue weighted by Gasteiger charge is 2.48. The first-order chi connectivity index (χ1) is 6.42. The number of hydrogen-bond acceptors (Lipinski definition) is 1. The van der Waals surface area contributed by atoms with Crippen LogP contribution in [0.1, 0.15) is 36.8 Å². The third-order valence-electron chi connectivity index (χ3n) is 2.83. The van der Waals surface area contributed by atoms with Crippen molar-refractivity contribution in [3.63, 3.8) is 0 Å². The van der Waals surface area contributed by atoms with Crippen molar-refractivity contribution in [3.8, 4) is 0 Å². The Kier molecular flexibility index (Phi) is 2.13. The Bertz CT molecular complexity index is 395. The third kappa shape index (κ3) is 1.55. The van der Waals surface area contributed by atoms with Crippen molar-refractivity contribution in [1.82, 2.24) is 4.57 Å². The molecule has 0 amide bonds. The first-order valence-electron chi connectivity index (χ1n) is 4.52. The van der Waals surface area contributed by atoms with E-state index in [4.69, 9.17) is 5.11 Å². The fourth-order valence-electron chi connectivity index (χ4n) is 1.79. The van der Waals surface area contributed by atoms with Gasteiger partial charge in [-0.3, -0.25) is 0 Å². The van der Waals surface area contributed by atoms with Crippen LogP contribution in [-0.4, -0.2) is 15.6 Å². The lowest BCUT2D eigenvalue weighted by Crippen LogP contribution is -2.08. The largest absolute Gasteiger partial charge is 0.477 e. The quantitative estimate of drug-likeness (QED) is 0.854. The Morgan fingerprint density at radius 3 is 2.71 bits per heavy atom. The zero-order valence-electron chi connectivity index (χ0n) is 8.12. The van der Waals surface area contributed by atoms with Gasteiger partial charge in [-0.15, -0.1) is 0 Å². The standard InChI is InChI=1S/C10H12INO2/c1-10(2)4-8(10)12-5-6(11)3-7(12)9(13)14/h3,5,8H,4H2,1-2H3,(H,13,14). The minimum atomic E-state index is -0.837. The van der Waals surface area contributed by atoms with E-state index >= 15 is 0 Å². The molecule has 1 aliphatic carbocycles. The van der Waals surface area contributed by atoms with Crippen LogP contribution in [0.15, 0.2) is 12.3 Å². The zero-order valence-corrected chi connectivity index (χ0v) is 10.3. The second-order valence-electron chi connectivity index (χ2n) is 4.46. The zero-order chi connectivity index (χ0) is 10.5. The van der Waals surface area contributed by atoms with E-state index in [0.29, 0.717) is 11.7 Å². The first kappa shape index (κ1) is 10.0. The normalized spacial score (nSPS) is 23.5. The molecule has 0 aromatic carbocycles. The number of carbonyl (C=O) groups is 1. The lowest BCUT2D eigenvalue weighted by atomic mass is 10.2. The number of nitrogens with zero attached hydrogens (tertiary/aromatic N) is 1. The Morgan fingerprint density at radius 2 is 2.29 bits per heavy atom. The number of hydrogen-bond donors (Lipinski definition) is 1. The first-order valence-corrected chi connectivity index (χ1v) is 5.60. The van der Waals surface area contributed by atoms with E-state index in [9.17, 15) is 4.79 Å². The molecule has 4 heteroatoms. The summed E-state index contributed by atoms with van der Waals surface area (Å²) in [6, 6.07) is 2.08. The van der Waals surface area contributed by atoms with Gasteiger partial charge in [-0.1, -0.05) is 13.8 Å². The van der Waals surface area contributed by atoms with Gasteiger partial charge in [-0.2, -0.15) is 0 Å². The molecule has 1 atom stereocenters. The van der Waals surface area contributed by atoms with Crippen LogP contribution in [-0.2, 0) is 0 Å². The average molecular weight is 305 g/mol. The maximum atomic E-state index is 11.0. The summed E-state index contributed by atoms with van der Waals surface area (Å²) in [5, 5.41) is 9.00. The highest BCUT2D eigenvalue weighted by Crippen LogP contribution is 2.56. The van der Waals surface area contributed by atoms with Crippen LogP contribution >= 0.6 is 22.6 Å². The van der Waals surface area contributed by atoms with E-state index in [1.54, 1.807) is 6.07 Å². The summed E-state index contributed by atoms with van der Waals surface area (Å²) in [6.07, 6.45) is 2.99. The molecule has 14 heavy (non-hydrogen) atoms. The van der Waals surface area contributed by atoms with Gasteiger partial charge in [0, 0.05) is 15.8 Å². The Balaban J connectivity index is 2.39. The molecule has 0 bridgehead atoms. The van der Waals surface area contributed by atoms with E-state index in [0.717, 1.165) is 9.99 Å². The Labute approximate surface area is 96.3 Å². The van der Waals surface area contributed by atoms with Crippen molar-refractivity contribution in [2.75, 3.05) is 0 Å². The van der Waals surface area contributed by atoms with E-state index in [1.807, 2.05) is 10.8 Å². The molecule has 0 aliphatic heterocycles. The third-order valence-corrected chi connectivity index (χ3v) is 3.42. The van der Waals surface area contributed by atoms with Crippen molar-refractivity contribution < 1.29 is 9.90 Å². The molecule has 0 saturated heterocycles. The molecule has 0 radical (unpaired) electrons. The van der Waals surface area contributed by atoms with Crippen LogP contribution in [0.4, 0.5) is 0 Å². The molecule has 76 valence electrons. The molecule has 2 rings (SSSR count). The van der Waals surface area contributed by atoms with Gasteiger partial charge in [-0.25, -0.2) is 4.79 Å². The van der Waals surface area contributed by atoms with Crippen LogP contribution in [0, 0.1) is 8.99 Å². The smallest absolute Gasteiger partial charge is 0.352 e. The lowest BCUT2D eigenvalue weighted by Gasteiger charge is -2.07. The Morgan fingerprint density at radius 1 is 1.71 bits per heavy atom. The predicted molar refractivity (Wildman–Crippen MR) is 61.5 cm³/mol. The number of aromatic carboxylic acids is 1. The fraction of sp³-hybridized carbons (Fsp3) is 0.500. The summed E-state index contributed by atoms with van der Waals surface area (Å²) >= 11 is 2.15. The number of carboxylic acid groups (broad SMARTS) is 1. The van der Waals surface area contributed by atoms with E-state index in [1.165, 1.54) is 0 Å². The van der Waals surface area contributed by atoms with Gasteiger partial charge in [0.25, 0.3) is 0 Å². The molecule has 3 nitrogen and oxygen atoms in total. The monoisotopic (exact) mass is 305 g/mol. The molecular formula is C10H12INO2. The molecule has 1 saturated carbocycles. The Hall–Kier alpha value is -0.520. The van der Waals surface area contributed by atoms with Crippen molar-refractivity contribution in [3.05, 3.63) is 21.5 Å². The van der Waals surface area contributed by atoms with Gasteiger partial charge in [0.05, 0.1) is 0 Å². The highest BCUT2D eigenvalue weighted by atomic mass is 127. The van der Waals surface area contributed by atoms with Gasteiger partial charge in [0.15, 0.2) is 0 Å². The molecule has 1 aromatic heterocycles. The van der Waals surface area contributed by atoms with E-state index in [2.05, 4.69) is 36.4 Å². The molecule has 1 aromatic rings. The number of carboxylic acids is 1. The predicted octanol–water partition coefficient (Wildman–Crippen LogP) is 2.76. The summed E-state index contributed by atoms with van der Waals surface area (Å²) in [7, 11) is 0. The number of aromatic nitrogens is 1. The molecule has 0 spiro atoms. The van der Waals surface area contributed by atoms with Crippen LogP contribution in [0.3, 0.4) is 0 Å². The summed E-state index contributed by atoms with van der Waals surface area (Å²) < 4.78 is 2.88. The second-order valence-corrected chi connectivity index (χ2v) is 5.71. The lowest BCUT2D eigenvalue weighted by molar-refractivity contribution is 0.0684. The minimum Gasteiger partial charge on any atom is -0.477 e. The second kappa shape index (κ2) is 2.98. The van der Waals surface area contributed by atoms with E-state index < -0.39 is 5.97 Å². The van der Waals surface area contributed by atoms with Gasteiger partial charge >= 0.3 is 5.97 Å². The van der Waals surface area contributed by atoms with Crippen molar-refractivity contribution in [2.24, 2.45) is 5.41 Å². The maximum absolute atomic E-state index is 11.0. The van der Waals surface area contributed by atoms with Crippen molar-refractivity contribution >= 4 is 28.6 Å². The number of halogens is 1. The van der Waals surface area contributed by atoms with Crippen LogP contribution in [0.2, 0.25) is 0 Å². The summed E-state index contributed by atoms with van der Waals surface area (Å²) in [4.78, 5) is 11.0. The maximum Gasteiger partial charge on any atom is 0.352 e. The number of rotatable bonds is 2. The summed E-state index contributed by atoms with van der Waals surface area (Å²) in [5.74, 6) is -0.837. The summed E-state index contributed by atoms with van der Waals surface area (Å²) in [5.41, 5.74) is 0.664. The summed E-state index contributed by atoms with van der Waals surface area (Å²) in [6.45, 7) is 4.33. The van der Waals surface area contributed by atoms with E-state index in [-0.39, 0.29) is 5.41 Å². The van der Waals surface area contributed by atoms with Crippen molar-refractivity contribution in [2.45, 2.75) is 26.3 Å².